The van der Waals surface area contributed by atoms with Gasteiger partial charge in [-0.3, -0.25) is 4.79 Å². The van der Waals surface area contributed by atoms with E-state index < -0.39 is 7.80 Å². The fourth-order valence-corrected chi connectivity index (χ4v) is 1.93. The van der Waals surface area contributed by atoms with Crippen LogP contribution in [0.1, 0.15) is 26.7 Å². The molecule has 0 heterocycles. The van der Waals surface area contributed by atoms with Gasteiger partial charge in [-0.1, -0.05) is 11.5 Å². The Hall–Kier alpha value is -0.230. The standard InChI is InChI=1S/C7H14O2P/c1-3-5-10(9)6-4-7(2)8/h3-6H2,1-2H3/q+1. The highest BCUT2D eigenvalue weighted by molar-refractivity contribution is 7.44. The van der Waals surface area contributed by atoms with E-state index in [0.717, 1.165) is 12.6 Å². The first-order valence-corrected chi connectivity index (χ1v) is 5.21. The largest absolute Gasteiger partial charge is 0.339 e. The molecule has 0 rings (SSSR count). The second-order valence-electron chi connectivity index (χ2n) is 2.38. The van der Waals surface area contributed by atoms with Gasteiger partial charge in [0.1, 0.15) is 11.9 Å². The number of ketones is 1. The number of carbonyl (C=O) groups excluding carboxylic acids is 1. The van der Waals surface area contributed by atoms with Crippen molar-refractivity contribution >= 4 is 13.6 Å². The molecule has 0 aromatic rings. The fraction of sp³-hybridized carbons (Fsp3) is 0.857. The number of Topliss-reactive ketones (excluding diaryl/α,β-unsaturated/α-hetero) is 1. The summed E-state index contributed by atoms with van der Waals surface area (Å²) in [6, 6.07) is 0. The minimum absolute atomic E-state index is 0.138. The van der Waals surface area contributed by atoms with Crippen LogP contribution in [-0.2, 0) is 9.36 Å². The Morgan fingerprint density at radius 3 is 2.40 bits per heavy atom. The van der Waals surface area contributed by atoms with E-state index in [4.69, 9.17) is 0 Å². The number of hydrogen-bond donors (Lipinski definition) is 0. The van der Waals surface area contributed by atoms with Crippen molar-refractivity contribution in [3.63, 3.8) is 0 Å². The molecular formula is C7H14O2P+. The monoisotopic (exact) mass is 161 g/mol. The van der Waals surface area contributed by atoms with Gasteiger partial charge in [0.2, 0.25) is 0 Å². The highest BCUT2D eigenvalue weighted by Gasteiger charge is 2.13. The zero-order chi connectivity index (χ0) is 7.98. The molecule has 1 unspecified atom stereocenters. The molecule has 0 aliphatic rings. The van der Waals surface area contributed by atoms with E-state index in [2.05, 4.69) is 0 Å². The third-order valence-electron chi connectivity index (χ3n) is 1.19. The van der Waals surface area contributed by atoms with Gasteiger partial charge in [0, 0.05) is 6.42 Å². The molecule has 58 valence electrons. The van der Waals surface area contributed by atoms with E-state index in [1.54, 1.807) is 0 Å². The van der Waals surface area contributed by atoms with Crippen LogP contribution in [0.15, 0.2) is 0 Å². The third-order valence-corrected chi connectivity index (χ3v) is 2.85. The number of carbonyl (C=O) groups is 1. The minimum atomic E-state index is -1.08. The zero-order valence-corrected chi connectivity index (χ0v) is 7.49. The van der Waals surface area contributed by atoms with Crippen LogP contribution >= 0.6 is 7.80 Å². The molecule has 0 aliphatic heterocycles. The minimum Gasteiger partial charge on any atom is -0.300 e. The maximum atomic E-state index is 10.9. The summed E-state index contributed by atoms with van der Waals surface area (Å²) in [7, 11) is -1.08. The number of rotatable bonds is 5. The van der Waals surface area contributed by atoms with E-state index in [1.165, 1.54) is 6.92 Å². The summed E-state index contributed by atoms with van der Waals surface area (Å²) in [5.41, 5.74) is 0. The zero-order valence-electron chi connectivity index (χ0n) is 6.59. The van der Waals surface area contributed by atoms with Crippen LogP contribution in [0.25, 0.3) is 0 Å². The highest BCUT2D eigenvalue weighted by Crippen LogP contribution is 2.21. The van der Waals surface area contributed by atoms with Gasteiger partial charge in [-0.05, 0) is 13.3 Å². The predicted molar refractivity (Wildman–Crippen MR) is 42.9 cm³/mol. The van der Waals surface area contributed by atoms with Crippen LogP contribution in [0.5, 0.6) is 0 Å². The molecule has 0 amide bonds. The van der Waals surface area contributed by atoms with Gasteiger partial charge in [-0.2, -0.15) is 0 Å². The van der Waals surface area contributed by atoms with Crippen LogP contribution in [0, 0.1) is 0 Å². The molecule has 0 bridgehead atoms. The summed E-state index contributed by atoms with van der Waals surface area (Å²) in [5.74, 6) is 0.138. The van der Waals surface area contributed by atoms with Crippen LogP contribution in [0.3, 0.4) is 0 Å². The van der Waals surface area contributed by atoms with Crippen molar-refractivity contribution in [2.45, 2.75) is 26.7 Å². The van der Waals surface area contributed by atoms with Gasteiger partial charge < -0.3 is 0 Å². The molecule has 0 fully saturated rings. The molecule has 0 saturated heterocycles. The van der Waals surface area contributed by atoms with Crippen LogP contribution in [0.2, 0.25) is 0 Å². The number of hydrogen-bond acceptors (Lipinski definition) is 2. The normalized spacial score (nSPS) is 11.2. The summed E-state index contributed by atoms with van der Waals surface area (Å²) in [5, 5.41) is 0. The lowest BCUT2D eigenvalue weighted by Crippen LogP contribution is -1.92. The third kappa shape index (κ3) is 5.90. The summed E-state index contributed by atoms with van der Waals surface area (Å²) in [6.45, 7) is 3.54. The lowest BCUT2D eigenvalue weighted by atomic mass is 10.4. The first kappa shape index (κ1) is 9.77. The molecule has 0 aromatic carbocycles. The smallest absolute Gasteiger partial charge is 0.300 e. The van der Waals surface area contributed by atoms with Gasteiger partial charge in [0.05, 0.1) is 0 Å². The van der Waals surface area contributed by atoms with Crippen molar-refractivity contribution in [3.05, 3.63) is 0 Å². The van der Waals surface area contributed by atoms with E-state index in [0.29, 0.717) is 12.6 Å². The van der Waals surface area contributed by atoms with Gasteiger partial charge >= 0.3 is 7.80 Å². The van der Waals surface area contributed by atoms with E-state index >= 15 is 0 Å². The first-order chi connectivity index (χ1) is 4.66. The summed E-state index contributed by atoms with van der Waals surface area (Å²) < 4.78 is 10.9. The van der Waals surface area contributed by atoms with Crippen molar-refractivity contribution in [1.82, 2.24) is 0 Å². The molecule has 0 spiro atoms. The van der Waals surface area contributed by atoms with Gasteiger partial charge in [0.25, 0.3) is 0 Å². The average molecular weight is 161 g/mol. The Kier molecular flexibility index (Phi) is 5.42. The Labute approximate surface area is 62.8 Å². The molecular weight excluding hydrogens is 147 g/mol. The topological polar surface area (TPSA) is 34.1 Å². The fourth-order valence-electron chi connectivity index (χ4n) is 0.643. The van der Waals surface area contributed by atoms with E-state index in [9.17, 15) is 9.36 Å². The molecule has 10 heavy (non-hydrogen) atoms. The summed E-state index contributed by atoms with van der Waals surface area (Å²) >= 11 is 0. The predicted octanol–water partition coefficient (Wildman–Crippen LogP) is 2.20. The summed E-state index contributed by atoms with van der Waals surface area (Å²) in [6.07, 6.45) is 2.78. The van der Waals surface area contributed by atoms with Crippen molar-refractivity contribution < 1.29 is 9.36 Å². The average Bonchev–Trinajstić information content (AvgIpc) is 1.85. The van der Waals surface area contributed by atoms with Crippen molar-refractivity contribution in [2.24, 2.45) is 0 Å². The maximum absolute atomic E-state index is 10.9. The molecule has 0 saturated carbocycles. The van der Waals surface area contributed by atoms with Gasteiger partial charge in [0.15, 0.2) is 6.16 Å². The molecule has 2 nitrogen and oxygen atoms in total. The van der Waals surface area contributed by atoms with Gasteiger partial charge in [-0.25, -0.2) is 0 Å². The van der Waals surface area contributed by atoms with Crippen molar-refractivity contribution in [3.8, 4) is 0 Å². The van der Waals surface area contributed by atoms with Crippen molar-refractivity contribution in [2.75, 3.05) is 12.3 Å². The van der Waals surface area contributed by atoms with E-state index in [-0.39, 0.29) is 5.78 Å². The Morgan fingerprint density at radius 2 is 2.00 bits per heavy atom. The van der Waals surface area contributed by atoms with Crippen LogP contribution < -0.4 is 0 Å². The Morgan fingerprint density at radius 1 is 1.40 bits per heavy atom. The molecule has 3 heteroatoms. The molecule has 0 N–H and O–H groups in total. The van der Waals surface area contributed by atoms with Crippen LogP contribution in [0.4, 0.5) is 0 Å². The molecule has 0 aliphatic carbocycles. The Balaban J connectivity index is 3.30. The van der Waals surface area contributed by atoms with E-state index in [1.807, 2.05) is 6.92 Å². The first-order valence-electron chi connectivity index (χ1n) is 3.58. The maximum Gasteiger partial charge on any atom is 0.339 e. The molecule has 0 radical (unpaired) electrons. The molecule has 0 aromatic heterocycles. The Bertz CT molecular complexity index is 132. The van der Waals surface area contributed by atoms with Crippen molar-refractivity contribution in [1.29, 1.82) is 0 Å². The SMILES string of the molecule is CCC[P+](=O)CCC(C)=O. The second-order valence-corrected chi connectivity index (χ2v) is 4.24. The lowest BCUT2D eigenvalue weighted by Gasteiger charge is -1.83. The highest BCUT2D eigenvalue weighted by atomic mass is 31.1. The molecule has 1 atom stereocenters. The summed E-state index contributed by atoms with van der Waals surface area (Å²) in [4.78, 5) is 10.4. The second kappa shape index (κ2) is 5.55. The quantitative estimate of drug-likeness (QED) is 0.579. The van der Waals surface area contributed by atoms with Gasteiger partial charge in [-0.15, -0.1) is 0 Å². The van der Waals surface area contributed by atoms with Crippen LogP contribution in [-0.4, -0.2) is 18.1 Å². The lowest BCUT2D eigenvalue weighted by molar-refractivity contribution is -0.116.